The maximum Gasteiger partial charge on any atom is 0.232 e. The monoisotopic (exact) mass is 449 g/mol. The van der Waals surface area contributed by atoms with Crippen LogP contribution in [0.25, 0.3) is 0 Å². The number of hydrogen-bond acceptors (Lipinski definition) is 5. The summed E-state index contributed by atoms with van der Waals surface area (Å²) in [5, 5.41) is 0. The van der Waals surface area contributed by atoms with Gasteiger partial charge in [-0.2, -0.15) is 0 Å². The van der Waals surface area contributed by atoms with Crippen molar-refractivity contribution >= 4 is 17.4 Å². The molecule has 4 rings (SSSR count). The Hall–Kier alpha value is -3.28. The lowest BCUT2D eigenvalue weighted by atomic mass is 9.69. The molecule has 6 heteroatoms. The van der Waals surface area contributed by atoms with Crippen LogP contribution in [-0.2, 0) is 9.59 Å². The number of nitrogens with zero attached hydrogens (tertiary/aromatic N) is 1. The average molecular weight is 450 g/mol. The first-order chi connectivity index (χ1) is 15.7. The van der Waals surface area contributed by atoms with E-state index >= 15 is 0 Å². The minimum atomic E-state index is -0.410. The summed E-state index contributed by atoms with van der Waals surface area (Å²) in [5.74, 6) is 1.11. The summed E-state index contributed by atoms with van der Waals surface area (Å²) >= 11 is 0. The molecule has 0 radical (unpaired) electrons. The molecule has 0 aromatic heterocycles. The summed E-state index contributed by atoms with van der Waals surface area (Å²) in [7, 11) is 4.67. The number of benzene rings is 2. The first-order valence-electron chi connectivity index (χ1n) is 11.2. The number of hydrogen-bond donors (Lipinski definition) is 0. The van der Waals surface area contributed by atoms with Crippen molar-refractivity contribution < 1.29 is 23.8 Å². The average Bonchev–Trinajstić information content (AvgIpc) is 2.77. The maximum absolute atomic E-state index is 13.6. The van der Waals surface area contributed by atoms with Crippen molar-refractivity contribution in [2.45, 2.75) is 46.0 Å². The number of Topliss-reactive ketones (excluding diaryl/α,β-unsaturated/α-hetero) is 1. The van der Waals surface area contributed by atoms with E-state index in [9.17, 15) is 9.59 Å². The molecule has 0 N–H and O–H groups in total. The number of ketones is 1. The number of carbonyl (C=O) groups excluding carboxylic acids is 2. The smallest absolute Gasteiger partial charge is 0.232 e. The zero-order valence-electron chi connectivity index (χ0n) is 20.2. The number of methoxy groups -OCH3 is 3. The van der Waals surface area contributed by atoms with E-state index < -0.39 is 5.92 Å². The number of rotatable bonds is 5. The number of carbonyl (C=O) groups is 2. The van der Waals surface area contributed by atoms with Gasteiger partial charge in [0, 0.05) is 41.3 Å². The van der Waals surface area contributed by atoms with Crippen LogP contribution in [0.15, 0.2) is 47.7 Å². The molecule has 1 aliphatic carbocycles. The van der Waals surface area contributed by atoms with Gasteiger partial charge in [-0.1, -0.05) is 37.6 Å². The van der Waals surface area contributed by atoms with Crippen LogP contribution in [0, 0.1) is 12.3 Å². The molecule has 0 saturated carbocycles. The minimum Gasteiger partial charge on any atom is -0.493 e. The van der Waals surface area contributed by atoms with E-state index in [2.05, 4.69) is 13.8 Å². The zero-order valence-corrected chi connectivity index (χ0v) is 20.2. The SMILES string of the molecule is COc1ccc([C@@H]2CC(=O)N(c3ccc(C)cc3)C3=C2C(=O)CC(C)(C)C3)c(OC)c1OC. The van der Waals surface area contributed by atoms with Crippen LogP contribution in [0.4, 0.5) is 5.69 Å². The summed E-state index contributed by atoms with van der Waals surface area (Å²) in [4.78, 5) is 28.9. The number of amides is 1. The van der Waals surface area contributed by atoms with E-state index in [1.165, 1.54) is 0 Å². The lowest BCUT2D eigenvalue weighted by Crippen LogP contribution is -2.43. The van der Waals surface area contributed by atoms with Gasteiger partial charge in [-0.05, 0) is 37.0 Å². The van der Waals surface area contributed by atoms with Crippen LogP contribution in [0.5, 0.6) is 17.2 Å². The molecule has 2 aromatic carbocycles. The van der Waals surface area contributed by atoms with Crippen molar-refractivity contribution in [1.82, 2.24) is 0 Å². The molecule has 0 saturated heterocycles. The van der Waals surface area contributed by atoms with Gasteiger partial charge in [0.15, 0.2) is 17.3 Å². The quantitative estimate of drug-likeness (QED) is 0.629. The molecular formula is C27H31NO5. The van der Waals surface area contributed by atoms with Crippen molar-refractivity contribution in [3.63, 3.8) is 0 Å². The second-order valence-electron chi connectivity index (χ2n) is 9.55. The Morgan fingerprint density at radius 2 is 1.55 bits per heavy atom. The van der Waals surface area contributed by atoms with E-state index in [4.69, 9.17) is 14.2 Å². The van der Waals surface area contributed by atoms with Gasteiger partial charge in [-0.15, -0.1) is 0 Å². The van der Waals surface area contributed by atoms with E-state index in [-0.39, 0.29) is 23.5 Å². The Labute approximate surface area is 195 Å². The fraction of sp³-hybridized carbons (Fsp3) is 0.407. The first kappa shape index (κ1) is 22.9. The maximum atomic E-state index is 13.6. The topological polar surface area (TPSA) is 65.1 Å². The van der Waals surface area contributed by atoms with Crippen LogP contribution in [0.2, 0.25) is 0 Å². The van der Waals surface area contributed by atoms with Crippen molar-refractivity contribution in [2.24, 2.45) is 5.41 Å². The van der Waals surface area contributed by atoms with Crippen LogP contribution < -0.4 is 19.1 Å². The van der Waals surface area contributed by atoms with Crippen molar-refractivity contribution in [2.75, 3.05) is 26.2 Å². The molecule has 2 aliphatic rings. The molecule has 0 fully saturated rings. The van der Waals surface area contributed by atoms with Crippen LogP contribution in [0.1, 0.15) is 50.2 Å². The summed E-state index contributed by atoms with van der Waals surface area (Å²) in [5.41, 5.74) is 3.92. The number of allylic oxidation sites excluding steroid dienone is 2. The lowest BCUT2D eigenvalue weighted by Gasteiger charge is -2.43. The standard InChI is InChI=1S/C27H31NO5/c1-16-7-9-17(10-8-16)28-20-14-27(2,3)15-21(29)24(20)19(13-23(28)30)18-11-12-22(31-4)26(33-6)25(18)32-5/h7-12,19H,13-15H2,1-6H3/t19-/m0/s1. The van der Waals surface area contributed by atoms with Gasteiger partial charge in [0.05, 0.1) is 21.3 Å². The van der Waals surface area contributed by atoms with Gasteiger partial charge in [0.2, 0.25) is 11.7 Å². The molecule has 2 aromatic rings. The fourth-order valence-electron chi connectivity index (χ4n) is 5.07. The number of anilines is 1. The lowest BCUT2D eigenvalue weighted by molar-refractivity contribution is -0.121. The third-order valence-corrected chi connectivity index (χ3v) is 6.55. The number of ether oxygens (including phenoxy) is 3. The third-order valence-electron chi connectivity index (χ3n) is 6.55. The predicted molar refractivity (Wildman–Crippen MR) is 127 cm³/mol. The molecule has 0 spiro atoms. The fourth-order valence-corrected chi connectivity index (χ4v) is 5.07. The second-order valence-corrected chi connectivity index (χ2v) is 9.55. The molecule has 1 amide bonds. The Morgan fingerprint density at radius 3 is 2.15 bits per heavy atom. The Bertz CT molecular complexity index is 1130. The molecule has 0 bridgehead atoms. The second kappa shape index (κ2) is 8.58. The summed E-state index contributed by atoms with van der Waals surface area (Å²) in [6.45, 7) is 6.17. The van der Waals surface area contributed by atoms with Crippen LogP contribution in [0.3, 0.4) is 0 Å². The molecule has 1 atom stereocenters. The molecule has 1 aliphatic heterocycles. The summed E-state index contributed by atoms with van der Waals surface area (Å²) < 4.78 is 16.7. The highest BCUT2D eigenvalue weighted by molar-refractivity contribution is 6.08. The summed E-state index contributed by atoms with van der Waals surface area (Å²) in [6, 6.07) is 11.5. The zero-order chi connectivity index (χ0) is 23.9. The third kappa shape index (κ3) is 3.99. The normalized spacial score (nSPS) is 19.9. The van der Waals surface area contributed by atoms with Crippen molar-refractivity contribution in [3.05, 3.63) is 58.8 Å². The predicted octanol–water partition coefficient (Wildman–Crippen LogP) is 5.18. The van der Waals surface area contributed by atoms with Crippen LogP contribution in [-0.4, -0.2) is 33.0 Å². The molecule has 33 heavy (non-hydrogen) atoms. The first-order valence-corrected chi connectivity index (χ1v) is 11.2. The van der Waals surface area contributed by atoms with Gasteiger partial charge >= 0.3 is 0 Å². The summed E-state index contributed by atoms with van der Waals surface area (Å²) in [6.07, 6.45) is 1.25. The van der Waals surface area contributed by atoms with Crippen molar-refractivity contribution in [3.8, 4) is 17.2 Å². The van der Waals surface area contributed by atoms with E-state index in [0.717, 1.165) is 22.5 Å². The van der Waals surface area contributed by atoms with Gasteiger partial charge < -0.3 is 14.2 Å². The molecular weight excluding hydrogens is 418 g/mol. The Morgan fingerprint density at radius 1 is 0.879 bits per heavy atom. The Kier molecular flexibility index (Phi) is 5.95. The van der Waals surface area contributed by atoms with Gasteiger partial charge in [0.25, 0.3) is 0 Å². The van der Waals surface area contributed by atoms with Crippen molar-refractivity contribution in [1.29, 1.82) is 0 Å². The van der Waals surface area contributed by atoms with E-state index in [1.54, 1.807) is 32.3 Å². The van der Waals surface area contributed by atoms with Crippen LogP contribution >= 0.6 is 0 Å². The molecule has 1 heterocycles. The van der Waals surface area contributed by atoms with E-state index in [0.29, 0.717) is 35.7 Å². The van der Waals surface area contributed by atoms with Gasteiger partial charge in [0.1, 0.15) is 0 Å². The Balaban J connectivity index is 1.94. The van der Waals surface area contributed by atoms with Gasteiger partial charge in [-0.3, -0.25) is 14.5 Å². The minimum absolute atomic E-state index is 0.0371. The molecule has 174 valence electrons. The number of aryl methyl sites for hydroxylation is 1. The molecule has 0 unspecified atom stereocenters. The largest absolute Gasteiger partial charge is 0.493 e. The highest BCUT2D eigenvalue weighted by Gasteiger charge is 2.45. The van der Waals surface area contributed by atoms with E-state index in [1.807, 2.05) is 37.3 Å². The highest BCUT2D eigenvalue weighted by atomic mass is 16.5. The molecule has 6 nitrogen and oxygen atoms in total. The highest BCUT2D eigenvalue weighted by Crippen LogP contribution is 2.52. The van der Waals surface area contributed by atoms with Gasteiger partial charge in [-0.25, -0.2) is 0 Å².